The van der Waals surface area contributed by atoms with E-state index in [2.05, 4.69) is 26.0 Å². The summed E-state index contributed by atoms with van der Waals surface area (Å²) >= 11 is 0. The van der Waals surface area contributed by atoms with Crippen molar-refractivity contribution in [3.63, 3.8) is 0 Å². The molecule has 0 fully saturated rings. The zero-order valence-electron chi connectivity index (χ0n) is 12.2. The molecule has 0 unspecified atom stereocenters. The summed E-state index contributed by atoms with van der Waals surface area (Å²) in [5.41, 5.74) is 0. The van der Waals surface area contributed by atoms with Crippen molar-refractivity contribution in [2.45, 2.75) is 52.4 Å². The minimum Gasteiger partial charge on any atom is -0.293 e. The van der Waals surface area contributed by atoms with Crippen LogP contribution in [0.5, 0.6) is 0 Å². The molecule has 0 spiro atoms. The Balaban J connectivity index is -0.0000000980. The third kappa shape index (κ3) is 36.0. The van der Waals surface area contributed by atoms with E-state index in [1.165, 1.54) is 25.7 Å². The molecule has 18 heavy (non-hydrogen) atoms. The van der Waals surface area contributed by atoms with Gasteiger partial charge in [0.05, 0.1) is 0 Å². The first-order valence-corrected chi connectivity index (χ1v) is 6.23. The fourth-order valence-electron chi connectivity index (χ4n) is 0.994. The zero-order chi connectivity index (χ0) is 12.5. The smallest absolute Gasteiger partial charge is 0.293 e. The van der Waals surface area contributed by atoms with Gasteiger partial charge in [-0.3, -0.25) is 13.2 Å². The van der Waals surface area contributed by atoms with Gasteiger partial charge < -0.3 is 0 Å². The minimum atomic E-state index is 0. The van der Waals surface area contributed by atoms with Gasteiger partial charge in [0.15, 0.2) is 0 Å². The Labute approximate surface area is 137 Å². The van der Waals surface area contributed by atoms with E-state index < -0.39 is 0 Å². The first kappa shape index (κ1) is 26.6. The minimum absolute atomic E-state index is 0. The Kier molecular flexibility index (Phi) is 44.7. The largest absolute Gasteiger partial charge is 1.00 e. The van der Waals surface area contributed by atoms with Crippen LogP contribution < -0.4 is 18.9 Å². The molecule has 0 heterocycles. The summed E-state index contributed by atoms with van der Waals surface area (Å²) in [7, 11) is 0. The van der Waals surface area contributed by atoms with Gasteiger partial charge in [0.1, 0.15) is 0 Å². The first-order chi connectivity index (χ1) is 7.83. The van der Waals surface area contributed by atoms with Crippen molar-refractivity contribution in [3.05, 3.63) is 49.6 Å². The summed E-state index contributed by atoms with van der Waals surface area (Å²) in [4.78, 5) is 0. The van der Waals surface area contributed by atoms with Gasteiger partial charge in [0.25, 0.3) is 0 Å². The van der Waals surface area contributed by atoms with Gasteiger partial charge in [0.2, 0.25) is 0 Å². The standard InChI is InChI=1S/2C8H13.Cu.Li/c2*1-3-5-7-8-6-4-2;;/h2*1,3,5,7H,4,6,8H2,2H3;;/q2*-1;2*+1/b2*7-5-;;. The fraction of sp³-hybridized carbons (Fsp3) is 0.500. The molecule has 0 aliphatic heterocycles. The third-order valence-corrected chi connectivity index (χ3v) is 1.94. The van der Waals surface area contributed by atoms with Crippen molar-refractivity contribution < 1.29 is 35.9 Å². The van der Waals surface area contributed by atoms with Crippen molar-refractivity contribution in [2.75, 3.05) is 0 Å². The monoisotopic (exact) mass is 288 g/mol. The Hall–Kier alpha value is 0.0769. The molecule has 0 aliphatic rings. The second-order valence-corrected chi connectivity index (χ2v) is 3.53. The molecule has 0 aromatic rings. The van der Waals surface area contributed by atoms with Crippen LogP contribution >= 0.6 is 0 Å². The van der Waals surface area contributed by atoms with Crippen LogP contribution in [0, 0.1) is 13.2 Å². The topological polar surface area (TPSA) is 0 Å². The van der Waals surface area contributed by atoms with Gasteiger partial charge >= 0.3 is 35.9 Å². The van der Waals surface area contributed by atoms with Crippen LogP contribution in [-0.2, 0) is 17.1 Å². The van der Waals surface area contributed by atoms with Crippen LogP contribution in [0.1, 0.15) is 52.4 Å². The van der Waals surface area contributed by atoms with E-state index in [-0.39, 0.29) is 35.9 Å². The van der Waals surface area contributed by atoms with Crippen LogP contribution in [-0.4, -0.2) is 0 Å². The van der Waals surface area contributed by atoms with Gasteiger partial charge in [-0.1, -0.05) is 52.4 Å². The molecule has 0 bridgehead atoms. The summed E-state index contributed by atoms with van der Waals surface area (Å²) in [5, 5.41) is 0. The summed E-state index contributed by atoms with van der Waals surface area (Å²) in [6, 6.07) is 0. The Morgan fingerprint density at radius 2 is 1.11 bits per heavy atom. The van der Waals surface area contributed by atoms with Crippen molar-refractivity contribution in [2.24, 2.45) is 0 Å². The summed E-state index contributed by atoms with van der Waals surface area (Å²) in [6.45, 7) is 14.6. The molecule has 0 aromatic heterocycles. The van der Waals surface area contributed by atoms with Gasteiger partial charge in [-0.25, -0.2) is 24.3 Å². The molecular weight excluding hydrogens is 263 g/mol. The van der Waals surface area contributed by atoms with Gasteiger partial charge in [-0.15, -0.1) is 0 Å². The van der Waals surface area contributed by atoms with Crippen LogP contribution in [0.2, 0.25) is 0 Å². The normalized spacial score (nSPS) is 9.00. The third-order valence-electron chi connectivity index (χ3n) is 1.94. The molecule has 0 amide bonds. The summed E-state index contributed by atoms with van der Waals surface area (Å²) in [6.07, 6.45) is 18.4. The van der Waals surface area contributed by atoms with Crippen LogP contribution in [0.3, 0.4) is 0 Å². The van der Waals surface area contributed by atoms with Gasteiger partial charge in [0, 0.05) is 0 Å². The molecule has 0 rings (SSSR count). The Morgan fingerprint density at radius 1 is 0.778 bits per heavy atom. The Bertz CT molecular complexity index is 173. The van der Waals surface area contributed by atoms with Crippen molar-refractivity contribution in [3.8, 4) is 0 Å². The van der Waals surface area contributed by atoms with Crippen molar-refractivity contribution >= 4 is 0 Å². The van der Waals surface area contributed by atoms with Crippen LogP contribution in [0.15, 0.2) is 36.5 Å². The van der Waals surface area contributed by atoms with Crippen LogP contribution in [0.25, 0.3) is 0 Å². The number of hydrogen-bond acceptors (Lipinski definition) is 0. The number of allylic oxidation sites excluding steroid dienone is 6. The van der Waals surface area contributed by atoms with E-state index in [0.717, 1.165) is 12.8 Å². The van der Waals surface area contributed by atoms with E-state index in [0.29, 0.717) is 0 Å². The predicted octanol–water partition coefficient (Wildman–Crippen LogP) is 2.45. The quantitative estimate of drug-likeness (QED) is 0.279. The van der Waals surface area contributed by atoms with E-state index in [1.54, 1.807) is 12.2 Å². The van der Waals surface area contributed by atoms with Crippen molar-refractivity contribution in [1.82, 2.24) is 0 Å². The molecule has 0 saturated heterocycles. The maximum atomic E-state index is 5.10. The molecule has 0 aliphatic carbocycles. The van der Waals surface area contributed by atoms with Crippen molar-refractivity contribution in [1.29, 1.82) is 0 Å². The number of rotatable bonds is 8. The second-order valence-electron chi connectivity index (χ2n) is 3.53. The maximum Gasteiger partial charge on any atom is 1.00 e. The first-order valence-electron chi connectivity index (χ1n) is 6.23. The molecule has 0 saturated carbocycles. The molecule has 0 aromatic carbocycles. The Morgan fingerprint density at radius 3 is 1.33 bits per heavy atom. The summed E-state index contributed by atoms with van der Waals surface area (Å²) < 4.78 is 0. The van der Waals surface area contributed by atoms with Gasteiger partial charge in [-0.05, 0) is 0 Å². The molecule has 2 heteroatoms. The van der Waals surface area contributed by atoms with E-state index in [4.69, 9.17) is 13.2 Å². The molecule has 0 atom stereocenters. The van der Waals surface area contributed by atoms with E-state index in [9.17, 15) is 0 Å². The summed E-state index contributed by atoms with van der Waals surface area (Å²) in [5.74, 6) is 0. The van der Waals surface area contributed by atoms with Gasteiger partial charge in [-0.2, -0.15) is 12.2 Å². The SMILES string of the molecule is [CH-]=C/C=C\CCCC.[CH-]=C/C=C\CCCC.[Cu+].[Li+]. The predicted molar refractivity (Wildman–Crippen MR) is 75.1 cm³/mol. The average Bonchev–Trinajstić information content (AvgIpc) is 2.31. The molecule has 102 valence electrons. The second kappa shape index (κ2) is 30.3. The molecule has 0 N–H and O–H groups in total. The fourth-order valence-corrected chi connectivity index (χ4v) is 0.994. The maximum absolute atomic E-state index is 5.10. The molecule has 0 radical (unpaired) electrons. The van der Waals surface area contributed by atoms with Crippen LogP contribution in [0.4, 0.5) is 0 Å². The number of unbranched alkanes of at least 4 members (excludes halogenated alkanes) is 4. The molecular formula is C16H26CuLi. The van der Waals surface area contributed by atoms with E-state index >= 15 is 0 Å². The molecule has 0 nitrogen and oxygen atoms in total. The zero-order valence-corrected chi connectivity index (χ0v) is 13.1. The number of hydrogen-bond donors (Lipinski definition) is 0. The average molecular weight is 289 g/mol. The van der Waals surface area contributed by atoms with E-state index in [1.807, 2.05) is 12.2 Å².